The number of amides is 2. The molecule has 0 aromatic heterocycles. The van der Waals surface area contributed by atoms with Crippen LogP contribution in [0.5, 0.6) is 17.2 Å². The van der Waals surface area contributed by atoms with Gasteiger partial charge in [0.2, 0.25) is 5.91 Å². The maximum Gasteiger partial charge on any atom is 0.316 e. The van der Waals surface area contributed by atoms with Crippen molar-refractivity contribution in [2.45, 2.75) is 60.9 Å². The summed E-state index contributed by atoms with van der Waals surface area (Å²) in [6.45, 7) is 14.1. The molecular formula is C31H43N3O7. The number of rotatable bonds is 11. The van der Waals surface area contributed by atoms with Gasteiger partial charge in [0.15, 0.2) is 18.1 Å². The molecule has 0 unspecified atom stereocenters. The number of carbonyl (C=O) groups is 4. The lowest BCUT2D eigenvalue weighted by atomic mass is 9.97. The van der Waals surface area contributed by atoms with Crippen LogP contribution in [0.15, 0.2) is 48.5 Å². The number of hydrogen-bond acceptors (Lipinski definition) is 8. The molecular weight excluding hydrogens is 526 g/mol. The number of nitrogens with zero attached hydrogens (tertiary/aromatic N) is 1. The Morgan fingerprint density at radius 1 is 0.780 bits per heavy atom. The van der Waals surface area contributed by atoms with Crippen LogP contribution in [0.2, 0.25) is 0 Å². The summed E-state index contributed by atoms with van der Waals surface area (Å²) in [7, 11) is 1.54. The molecule has 2 N–H and O–H groups in total. The number of anilines is 1. The fourth-order valence-electron chi connectivity index (χ4n) is 3.14. The lowest BCUT2D eigenvalue weighted by molar-refractivity contribution is -0.145. The largest absolute Gasteiger partial charge is 0.484 e. The monoisotopic (exact) mass is 569 g/mol. The third kappa shape index (κ3) is 11.1. The number of carbonyl (C=O) groups excluding carboxylic acids is 4. The summed E-state index contributed by atoms with van der Waals surface area (Å²) < 4.78 is 16.6. The van der Waals surface area contributed by atoms with Crippen LogP contribution in [0.25, 0.3) is 0 Å². The standard InChI is InChI=1S/C31H43N3O7/c1-29(2,3)27(37)40-23-16-15-21(17-24(23)41-28(38)30(4,5)6)33-31(7,8)20-32-25(35)18-34(9)26(36)19-39-22-13-11-10-12-14-22/h10-17,33H,18-20H2,1-9H3,(H,32,35). The molecule has 0 saturated carbocycles. The molecule has 0 aliphatic rings. The smallest absolute Gasteiger partial charge is 0.316 e. The number of esters is 2. The van der Waals surface area contributed by atoms with Crippen LogP contribution in [-0.2, 0) is 19.2 Å². The van der Waals surface area contributed by atoms with Crippen molar-refractivity contribution in [3.63, 3.8) is 0 Å². The van der Waals surface area contributed by atoms with E-state index in [1.54, 1.807) is 71.9 Å². The molecule has 10 heteroatoms. The topological polar surface area (TPSA) is 123 Å². The second-order valence-corrected chi connectivity index (χ2v) is 12.6. The SMILES string of the molecule is CN(CC(=O)NCC(C)(C)Nc1ccc(OC(=O)C(C)(C)C)c(OC(=O)C(C)(C)C)c1)C(=O)COc1ccccc1. The van der Waals surface area contributed by atoms with Gasteiger partial charge in [0, 0.05) is 30.9 Å². The van der Waals surface area contributed by atoms with E-state index in [0.29, 0.717) is 11.4 Å². The van der Waals surface area contributed by atoms with E-state index in [1.165, 1.54) is 11.9 Å². The lowest BCUT2D eigenvalue weighted by Crippen LogP contribution is -2.47. The van der Waals surface area contributed by atoms with Crippen LogP contribution in [0.4, 0.5) is 5.69 Å². The van der Waals surface area contributed by atoms with E-state index in [0.717, 1.165) is 0 Å². The van der Waals surface area contributed by atoms with Crippen LogP contribution < -0.4 is 24.8 Å². The first-order valence-electron chi connectivity index (χ1n) is 13.4. The quantitative estimate of drug-likeness (QED) is 0.301. The highest BCUT2D eigenvalue weighted by molar-refractivity contribution is 5.85. The first-order valence-corrected chi connectivity index (χ1v) is 13.4. The molecule has 0 radical (unpaired) electrons. The van der Waals surface area contributed by atoms with E-state index >= 15 is 0 Å². The molecule has 0 spiro atoms. The van der Waals surface area contributed by atoms with Gasteiger partial charge < -0.3 is 29.7 Å². The molecule has 0 bridgehead atoms. The van der Waals surface area contributed by atoms with Crippen molar-refractivity contribution in [3.8, 4) is 17.2 Å². The minimum atomic E-state index is -0.777. The summed E-state index contributed by atoms with van der Waals surface area (Å²) in [4.78, 5) is 51.3. The third-order valence-electron chi connectivity index (χ3n) is 5.70. The van der Waals surface area contributed by atoms with Crippen LogP contribution in [0.1, 0.15) is 55.4 Å². The molecule has 0 aliphatic carbocycles. The summed E-state index contributed by atoms with van der Waals surface area (Å²) in [6.07, 6.45) is 0. The Balaban J connectivity index is 2.02. The molecule has 0 fully saturated rings. The maximum absolute atomic E-state index is 12.6. The minimum Gasteiger partial charge on any atom is -0.484 e. The van der Waals surface area contributed by atoms with E-state index in [4.69, 9.17) is 14.2 Å². The van der Waals surface area contributed by atoms with E-state index in [1.807, 2.05) is 32.0 Å². The van der Waals surface area contributed by atoms with E-state index in [9.17, 15) is 19.2 Å². The molecule has 0 saturated heterocycles. The second-order valence-electron chi connectivity index (χ2n) is 12.6. The van der Waals surface area contributed by atoms with Gasteiger partial charge in [0.1, 0.15) is 5.75 Å². The number of para-hydroxylation sites is 1. The first-order chi connectivity index (χ1) is 18.9. The highest BCUT2D eigenvalue weighted by Crippen LogP contribution is 2.34. The summed E-state index contributed by atoms with van der Waals surface area (Å²) in [5.74, 6) is -0.811. The highest BCUT2D eigenvalue weighted by Gasteiger charge is 2.29. The second kappa shape index (κ2) is 13.5. The fraction of sp³-hybridized carbons (Fsp3) is 0.484. The Morgan fingerprint density at radius 3 is 1.90 bits per heavy atom. The van der Waals surface area contributed by atoms with Crippen molar-refractivity contribution in [2.24, 2.45) is 10.8 Å². The average Bonchev–Trinajstić information content (AvgIpc) is 2.86. The van der Waals surface area contributed by atoms with Gasteiger partial charge in [-0.2, -0.15) is 0 Å². The summed E-state index contributed by atoms with van der Waals surface area (Å²) in [5.41, 5.74) is -1.58. The molecule has 0 heterocycles. The maximum atomic E-state index is 12.6. The average molecular weight is 570 g/mol. The van der Waals surface area contributed by atoms with Crippen molar-refractivity contribution in [1.29, 1.82) is 0 Å². The Kier molecular flexibility index (Phi) is 10.9. The fourth-order valence-corrected chi connectivity index (χ4v) is 3.14. The molecule has 2 rings (SSSR count). The number of likely N-dealkylation sites (N-methyl/N-ethyl adjacent to an activating group) is 1. The summed E-state index contributed by atoms with van der Waals surface area (Å²) >= 11 is 0. The molecule has 2 amide bonds. The van der Waals surface area contributed by atoms with Crippen LogP contribution >= 0.6 is 0 Å². The zero-order valence-electron chi connectivity index (χ0n) is 25.5. The van der Waals surface area contributed by atoms with Crippen LogP contribution in [-0.4, -0.2) is 60.9 Å². The van der Waals surface area contributed by atoms with Crippen LogP contribution in [0, 0.1) is 10.8 Å². The van der Waals surface area contributed by atoms with Crippen molar-refractivity contribution < 1.29 is 33.4 Å². The van der Waals surface area contributed by atoms with E-state index in [2.05, 4.69) is 10.6 Å². The van der Waals surface area contributed by atoms with E-state index in [-0.39, 0.29) is 43.0 Å². The molecule has 41 heavy (non-hydrogen) atoms. The van der Waals surface area contributed by atoms with Gasteiger partial charge in [-0.15, -0.1) is 0 Å². The third-order valence-corrected chi connectivity index (χ3v) is 5.70. The van der Waals surface area contributed by atoms with Gasteiger partial charge in [0.25, 0.3) is 5.91 Å². The Hall–Kier alpha value is -4.08. The van der Waals surface area contributed by atoms with Crippen LogP contribution in [0.3, 0.4) is 0 Å². The molecule has 10 nitrogen and oxygen atoms in total. The Morgan fingerprint density at radius 2 is 1.34 bits per heavy atom. The number of hydrogen-bond donors (Lipinski definition) is 2. The number of nitrogens with one attached hydrogen (secondary N) is 2. The van der Waals surface area contributed by atoms with E-state index < -0.39 is 28.3 Å². The normalized spacial score (nSPS) is 11.7. The lowest BCUT2D eigenvalue weighted by Gasteiger charge is -2.29. The minimum absolute atomic E-state index is 0.102. The van der Waals surface area contributed by atoms with Crippen molar-refractivity contribution in [3.05, 3.63) is 48.5 Å². The first kappa shape index (κ1) is 33.1. The predicted octanol–water partition coefficient (Wildman–Crippen LogP) is 4.43. The number of ether oxygens (including phenoxy) is 3. The van der Waals surface area contributed by atoms with Crippen molar-refractivity contribution >= 4 is 29.4 Å². The molecule has 2 aromatic carbocycles. The zero-order valence-corrected chi connectivity index (χ0v) is 25.5. The Labute approximate surface area is 242 Å². The molecule has 0 atom stereocenters. The Bertz CT molecular complexity index is 1230. The number of benzene rings is 2. The van der Waals surface area contributed by atoms with Crippen molar-refractivity contribution in [1.82, 2.24) is 10.2 Å². The van der Waals surface area contributed by atoms with Gasteiger partial charge in [-0.25, -0.2) is 0 Å². The summed E-state index contributed by atoms with van der Waals surface area (Å²) in [5, 5.41) is 6.14. The summed E-state index contributed by atoms with van der Waals surface area (Å²) in [6, 6.07) is 13.8. The van der Waals surface area contributed by atoms with Gasteiger partial charge in [-0.3, -0.25) is 19.2 Å². The van der Waals surface area contributed by atoms with Gasteiger partial charge in [-0.05, 0) is 79.7 Å². The predicted molar refractivity (Wildman–Crippen MR) is 157 cm³/mol. The zero-order chi connectivity index (χ0) is 31.0. The molecule has 224 valence electrons. The van der Waals surface area contributed by atoms with Gasteiger partial charge in [0.05, 0.1) is 17.4 Å². The molecule has 2 aromatic rings. The molecule has 0 aliphatic heterocycles. The highest BCUT2D eigenvalue weighted by atomic mass is 16.6. The van der Waals surface area contributed by atoms with Crippen molar-refractivity contribution in [2.75, 3.05) is 32.1 Å². The van der Waals surface area contributed by atoms with Gasteiger partial charge in [-0.1, -0.05) is 18.2 Å². The van der Waals surface area contributed by atoms with Gasteiger partial charge >= 0.3 is 11.9 Å².